The molecule has 0 saturated carbocycles. The largest absolute Gasteiger partial charge is 0.462 e. The van der Waals surface area contributed by atoms with Crippen LogP contribution in [0.3, 0.4) is 0 Å². The predicted octanol–water partition coefficient (Wildman–Crippen LogP) is 3.20. The first-order valence-corrected chi connectivity index (χ1v) is 5.38. The van der Waals surface area contributed by atoms with Crippen LogP contribution >= 0.6 is 0 Å². The van der Waals surface area contributed by atoms with Gasteiger partial charge in [0.2, 0.25) is 0 Å². The minimum absolute atomic E-state index is 0.214. The zero-order valence-corrected chi connectivity index (χ0v) is 9.62. The standard InChI is InChI=1S/C13H18O2/c1-4-10(2)9-15-13(14)12-8-6-5-7-11(12)3/h5-8,10H,4,9H2,1-3H3/t10-/m0/s1. The van der Waals surface area contributed by atoms with Crippen molar-refractivity contribution in [1.82, 2.24) is 0 Å². The molecule has 0 aliphatic carbocycles. The number of rotatable bonds is 4. The predicted molar refractivity (Wildman–Crippen MR) is 60.9 cm³/mol. The van der Waals surface area contributed by atoms with Crippen LogP contribution in [0.15, 0.2) is 24.3 Å². The summed E-state index contributed by atoms with van der Waals surface area (Å²) in [5, 5.41) is 0. The van der Waals surface area contributed by atoms with Crippen molar-refractivity contribution in [1.29, 1.82) is 0 Å². The monoisotopic (exact) mass is 206 g/mol. The van der Waals surface area contributed by atoms with Crippen molar-refractivity contribution in [2.75, 3.05) is 6.61 Å². The van der Waals surface area contributed by atoms with Crippen LogP contribution in [-0.4, -0.2) is 12.6 Å². The Balaban J connectivity index is 2.58. The van der Waals surface area contributed by atoms with Crippen molar-refractivity contribution < 1.29 is 9.53 Å². The molecule has 1 rings (SSSR count). The molecule has 1 aromatic carbocycles. The highest BCUT2D eigenvalue weighted by atomic mass is 16.5. The molecule has 2 heteroatoms. The van der Waals surface area contributed by atoms with Crippen LogP contribution in [0.25, 0.3) is 0 Å². The molecular weight excluding hydrogens is 188 g/mol. The van der Waals surface area contributed by atoms with Crippen LogP contribution in [0.4, 0.5) is 0 Å². The summed E-state index contributed by atoms with van der Waals surface area (Å²) in [6, 6.07) is 7.49. The normalized spacial score (nSPS) is 12.2. The molecule has 1 atom stereocenters. The van der Waals surface area contributed by atoms with E-state index in [2.05, 4.69) is 13.8 Å². The third-order valence-corrected chi connectivity index (χ3v) is 2.56. The lowest BCUT2D eigenvalue weighted by molar-refractivity contribution is 0.0446. The summed E-state index contributed by atoms with van der Waals surface area (Å²) in [5.74, 6) is 0.214. The SMILES string of the molecule is CC[C@H](C)COC(=O)c1ccccc1C. The van der Waals surface area contributed by atoms with Gasteiger partial charge < -0.3 is 4.74 Å². The maximum absolute atomic E-state index is 11.7. The molecule has 82 valence electrons. The van der Waals surface area contributed by atoms with Crippen molar-refractivity contribution in [2.45, 2.75) is 27.2 Å². The highest BCUT2D eigenvalue weighted by Crippen LogP contribution is 2.10. The van der Waals surface area contributed by atoms with Gasteiger partial charge in [0.25, 0.3) is 0 Å². The Morgan fingerprint density at radius 2 is 2.07 bits per heavy atom. The fourth-order valence-electron chi connectivity index (χ4n) is 1.22. The van der Waals surface area contributed by atoms with Gasteiger partial charge in [-0.05, 0) is 24.5 Å². The molecule has 0 heterocycles. The molecule has 1 aromatic rings. The lowest BCUT2D eigenvalue weighted by Gasteiger charge is -2.10. The second kappa shape index (κ2) is 5.54. The quantitative estimate of drug-likeness (QED) is 0.707. The van der Waals surface area contributed by atoms with Gasteiger partial charge in [-0.15, -0.1) is 0 Å². The number of aryl methyl sites for hydroxylation is 1. The Bertz CT molecular complexity index is 331. The number of hydrogen-bond donors (Lipinski definition) is 0. The second-order valence-corrected chi connectivity index (χ2v) is 3.93. The number of ether oxygens (including phenoxy) is 1. The number of benzene rings is 1. The Hall–Kier alpha value is -1.31. The molecule has 0 N–H and O–H groups in total. The van der Waals surface area contributed by atoms with E-state index in [-0.39, 0.29) is 5.97 Å². The van der Waals surface area contributed by atoms with Crippen molar-refractivity contribution in [2.24, 2.45) is 5.92 Å². The van der Waals surface area contributed by atoms with E-state index in [4.69, 9.17) is 4.74 Å². The van der Waals surface area contributed by atoms with Gasteiger partial charge in [-0.3, -0.25) is 0 Å². The summed E-state index contributed by atoms with van der Waals surface area (Å²) >= 11 is 0. The highest BCUT2D eigenvalue weighted by Gasteiger charge is 2.10. The number of carbonyl (C=O) groups is 1. The van der Waals surface area contributed by atoms with E-state index < -0.39 is 0 Å². The maximum Gasteiger partial charge on any atom is 0.338 e. The van der Waals surface area contributed by atoms with Crippen LogP contribution in [0.5, 0.6) is 0 Å². The summed E-state index contributed by atoms with van der Waals surface area (Å²) < 4.78 is 5.22. The van der Waals surface area contributed by atoms with E-state index in [1.54, 1.807) is 6.07 Å². The van der Waals surface area contributed by atoms with Crippen molar-refractivity contribution in [3.05, 3.63) is 35.4 Å². The first-order valence-electron chi connectivity index (χ1n) is 5.38. The summed E-state index contributed by atoms with van der Waals surface area (Å²) in [6.45, 7) is 6.58. The van der Waals surface area contributed by atoms with Crippen LogP contribution in [0.1, 0.15) is 36.2 Å². The van der Waals surface area contributed by atoms with E-state index >= 15 is 0 Å². The van der Waals surface area contributed by atoms with Gasteiger partial charge in [-0.25, -0.2) is 4.79 Å². The molecule has 15 heavy (non-hydrogen) atoms. The maximum atomic E-state index is 11.7. The topological polar surface area (TPSA) is 26.3 Å². The Morgan fingerprint density at radius 1 is 1.40 bits per heavy atom. The van der Waals surface area contributed by atoms with Gasteiger partial charge in [-0.1, -0.05) is 38.5 Å². The molecular formula is C13H18O2. The lowest BCUT2D eigenvalue weighted by atomic mass is 10.1. The third-order valence-electron chi connectivity index (χ3n) is 2.56. The Labute approximate surface area is 91.3 Å². The molecule has 0 radical (unpaired) electrons. The van der Waals surface area contributed by atoms with Crippen molar-refractivity contribution >= 4 is 5.97 Å². The van der Waals surface area contributed by atoms with Gasteiger partial charge in [-0.2, -0.15) is 0 Å². The van der Waals surface area contributed by atoms with Crippen LogP contribution in [0, 0.1) is 12.8 Å². The lowest BCUT2D eigenvalue weighted by Crippen LogP contribution is -2.12. The zero-order valence-electron chi connectivity index (χ0n) is 9.62. The van der Waals surface area contributed by atoms with Crippen molar-refractivity contribution in [3.8, 4) is 0 Å². The fraction of sp³-hybridized carbons (Fsp3) is 0.462. The molecule has 0 spiro atoms. The summed E-state index contributed by atoms with van der Waals surface area (Å²) in [4.78, 5) is 11.7. The van der Waals surface area contributed by atoms with E-state index in [0.717, 1.165) is 12.0 Å². The molecule has 0 fully saturated rings. The van der Waals surface area contributed by atoms with Crippen LogP contribution in [0.2, 0.25) is 0 Å². The molecule has 0 aromatic heterocycles. The van der Waals surface area contributed by atoms with E-state index in [1.807, 2.05) is 25.1 Å². The van der Waals surface area contributed by atoms with Crippen LogP contribution < -0.4 is 0 Å². The number of carbonyl (C=O) groups excluding carboxylic acids is 1. The smallest absolute Gasteiger partial charge is 0.338 e. The summed E-state index contributed by atoms with van der Waals surface area (Å²) in [7, 11) is 0. The van der Waals surface area contributed by atoms with Gasteiger partial charge in [0.1, 0.15) is 0 Å². The average molecular weight is 206 g/mol. The molecule has 0 amide bonds. The van der Waals surface area contributed by atoms with Gasteiger partial charge >= 0.3 is 5.97 Å². The average Bonchev–Trinajstić information content (AvgIpc) is 2.26. The number of hydrogen-bond acceptors (Lipinski definition) is 2. The highest BCUT2D eigenvalue weighted by molar-refractivity contribution is 5.90. The fourth-order valence-corrected chi connectivity index (χ4v) is 1.22. The minimum atomic E-state index is -0.214. The van der Waals surface area contributed by atoms with E-state index in [0.29, 0.717) is 18.1 Å². The molecule has 0 aliphatic heterocycles. The molecule has 0 aliphatic rings. The van der Waals surface area contributed by atoms with E-state index in [9.17, 15) is 4.79 Å². The number of esters is 1. The first-order chi connectivity index (χ1) is 7.15. The molecule has 0 bridgehead atoms. The minimum Gasteiger partial charge on any atom is -0.462 e. The molecule has 0 unspecified atom stereocenters. The zero-order chi connectivity index (χ0) is 11.3. The second-order valence-electron chi connectivity index (χ2n) is 3.93. The molecule has 2 nitrogen and oxygen atoms in total. The van der Waals surface area contributed by atoms with Gasteiger partial charge in [0.05, 0.1) is 12.2 Å². The van der Waals surface area contributed by atoms with Crippen LogP contribution in [-0.2, 0) is 4.74 Å². The van der Waals surface area contributed by atoms with Crippen molar-refractivity contribution in [3.63, 3.8) is 0 Å². The summed E-state index contributed by atoms with van der Waals surface area (Å²) in [6.07, 6.45) is 1.03. The van der Waals surface area contributed by atoms with E-state index in [1.165, 1.54) is 0 Å². The Morgan fingerprint density at radius 3 is 2.67 bits per heavy atom. The van der Waals surface area contributed by atoms with Gasteiger partial charge in [0.15, 0.2) is 0 Å². The first kappa shape index (κ1) is 11.8. The van der Waals surface area contributed by atoms with Gasteiger partial charge in [0, 0.05) is 0 Å². The third kappa shape index (κ3) is 3.39. The molecule has 0 saturated heterocycles. The summed E-state index contributed by atoms with van der Waals surface area (Å²) in [5.41, 5.74) is 1.63. The Kier molecular flexibility index (Phi) is 4.35.